The van der Waals surface area contributed by atoms with Crippen LogP contribution in [0.15, 0.2) is 48.5 Å². The van der Waals surface area contributed by atoms with E-state index in [4.69, 9.17) is 11.6 Å². The minimum atomic E-state index is -0.539. The molecule has 0 aliphatic heterocycles. The van der Waals surface area contributed by atoms with Gasteiger partial charge < -0.3 is 10.2 Å². The molecule has 0 atom stereocenters. The van der Waals surface area contributed by atoms with Crippen LogP contribution < -0.4 is 5.32 Å². The third kappa shape index (κ3) is 6.19. The average molecular weight is 363 g/mol. The number of nitrogens with one attached hydrogen (secondary N) is 1. The summed E-state index contributed by atoms with van der Waals surface area (Å²) in [6.45, 7) is 2.36. The lowest BCUT2D eigenvalue weighted by Gasteiger charge is -2.21. The van der Waals surface area contributed by atoms with Crippen LogP contribution in [-0.4, -0.2) is 29.8 Å². The minimum absolute atomic E-state index is 0.0500. The highest BCUT2D eigenvalue weighted by molar-refractivity contribution is 6.31. The number of hydrogen-bond acceptors (Lipinski definition) is 2. The van der Waals surface area contributed by atoms with Crippen molar-refractivity contribution in [2.45, 2.75) is 19.8 Å². The smallest absolute Gasteiger partial charge is 0.226 e. The van der Waals surface area contributed by atoms with Crippen molar-refractivity contribution in [3.05, 3.63) is 64.9 Å². The van der Waals surface area contributed by atoms with E-state index in [1.54, 1.807) is 4.90 Å². The molecule has 0 aliphatic carbocycles. The minimum Gasteiger partial charge on any atom is -0.342 e. The van der Waals surface area contributed by atoms with Gasteiger partial charge in [0.25, 0.3) is 0 Å². The molecule has 0 fully saturated rings. The van der Waals surface area contributed by atoms with Crippen LogP contribution in [0, 0.1) is 5.82 Å². The molecule has 6 heteroatoms. The Bertz CT molecular complexity index is 737. The summed E-state index contributed by atoms with van der Waals surface area (Å²) in [5.41, 5.74) is 1.56. The van der Waals surface area contributed by atoms with Gasteiger partial charge in [0, 0.05) is 32.1 Å². The monoisotopic (exact) mass is 362 g/mol. The Morgan fingerprint density at radius 1 is 1.12 bits per heavy atom. The maximum atomic E-state index is 13.1. The first kappa shape index (κ1) is 18.9. The lowest BCUT2D eigenvalue weighted by molar-refractivity contribution is -0.129. The van der Waals surface area contributed by atoms with E-state index in [2.05, 4.69) is 5.32 Å². The second kappa shape index (κ2) is 9.18. The largest absolute Gasteiger partial charge is 0.342 e. The maximum Gasteiger partial charge on any atom is 0.226 e. The van der Waals surface area contributed by atoms with Crippen LogP contribution in [0.2, 0.25) is 5.02 Å². The van der Waals surface area contributed by atoms with Gasteiger partial charge >= 0.3 is 0 Å². The van der Waals surface area contributed by atoms with Gasteiger partial charge in [0.15, 0.2) is 0 Å². The summed E-state index contributed by atoms with van der Waals surface area (Å²) in [4.78, 5) is 25.4. The molecule has 2 amide bonds. The fraction of sp³-hybridized carbons (Fsp3) is 0.263. The summed E-state index contributed by atoms with van der Waals surface area (Å²) in [7, 11) is 0. The molecule has 132 valence electrons. The highest BCUT2D eigenvalue weighted by atomic mass is 35.5. The van der Waals surface area contributed by atoms with Gasteiger partial charge in [0.1, 0.15) is 5.82 Å². The maximum absolute atomic E-state index is 13.1. The van der Waals surface area contributed by atoms with Crippen molar-refractivity contribution in [1.82, 2.24) is 4.90 Å². The number of carbonyl (C=O) groups is 2. The fourth-order valence-corrected chi connectivity index (χ4v) is 2.55. The quantitative estimate of drug-likeness (QED) is 0.812. The van der Waals surface area contributed by atoms with Crippen LogP contribution in [0.25, 0.3) is 0 Å². The van der Waals surface area contributed by atoms with Crippen LogP contribution in [-0.2, 0) is 16.0 Å². The topological polar surface area (TPSA) is 49.4 Å². The molecule has 0 aliphatic rings. The van der Waals surface area contributed by atoms with Crippen molar-refractivity contribution in [3.63, 3.8) is 0 Å². The van der Waals surface area contributed by atoms with Crippen molar-refractivity contribution in [3.8, 4) is 0 Å². The summed E-state index contributed by atoms with van der Waals surface area (Å²) in [5.74, 6) is -0.870. The molecular formula is C19H20ClFN2O2. The fourth-order valence-electron chi connectivity index (χ4n) is 2.37. The first-order valence-corrected chi connectivity index (χ1v) is 8.38. The summed E-state index contributed by atoms with van der Waals surface area (Å²) >= 11 is 5.69. The Balaban J connectivity index is 1.84. The normalized spacial score (nSPS) is 10.4. The van der Waals surface area contributed by atoms with E-state index in [-0.39, 0.29) is 23.3 Å². The standard InChI is InChI=1S/C19H20ClFN2O2/c1-14(24)23(11-9-15-5-3-2-4-6-15)12-10-19(25)22-16-7-8-18(21)17(20)13-16/h2-8,13H,9-12H2,1H3,(H,22,25). The van der Waals surface area contributed by atoms with Crippen molar-refractivity contribution in [1.29, 1.82) is 0 Å². The summed E-state index contributed by atoms with van der Waals surface area (Å²) < 4.78 is 13.1. The number of carbonyl (C=O) groups excluding carboxylic acids is 2. The zero-order valence-electron chi connectivity index (χ0n) is 14.0. The number of benzene rings is 2. The van der Waals surface area contributed by atoms with E-state index in [0.29, 0.717) is 18.8 Å². The lowest BCUT2D eigenvalue weighted by Crippen LogP contribution is -2.33. The summed E-state index contributed by atoms with van der Waals surface area (Å²) in [6, 6.07) is 13.8. The molecule has 1 N–H and O–H groups in total. The van der Waals surface area contributed by atoms with E-state index in [0.717, 1.165) is 12.0 Å². The second-order valence-corrected chi connectivity index (χ2v) is 6.08. The summed E-state index contributed by atoms with van der Waals surface area (Å²) in [6.07, 6.45) is 0.888. The van der Waals surface area contributed by atoms with Crippen LogP contribution >= 0.6 is 11.6 Å². The molecule has 2 aromatic carbocycles. The zero-order valence-corrected chi connectivity index (χ0v) is 14.7. The van der Waals surface area contributed by atoms with Crippen LogP contribution in [0.4, 0.5) is 10.1 Å². The van der Waals surface area contributed by atoms with Crippen molar-refractivity contribution in [2.75, 3.05) is 18.4 Å². The Morgan fingerprint density at radius 2 is 1.84 bits per heavy atom. The molecule has 0 spiro atoms. The van der Waals surface area contributed by atoms with Gasteiger partial charge in [-0.25, -0.2) is 4.39 Å². The molecule has 25 heavy (non-hydrogen) atoms. The molecule has 0 radical (unpaired) electrons. The Hall–Kier alpha value is -2.40. The predicted molar refractivity (Wildman–Crippen MR) is 97.1 cm³/mol. The molecule has 0 unspecified atom stereocenters. The number of nitrogens with zero attached hydrogens (tertiary/aromatic N) is 1. The average Bonchev–Trinajstić information content (AvgIpc) is 2.58. The van der Waals surface area contributed by atoms with Crippen molar-refractivity contribution in [2.24, 2.45) is 0 Å². The Morgan fingerprint density at radius 3 is 2.48 bits per heavy atom. The van der Waals surface area contributed by atoms with Gasteiger partial charge in [-0.2, -0.15) is 0 Å². The van der Waals surface area contributed by atoms with Crippen LogP contribution in [0.1, 0.15) is 18.9 Å². The number of anilines is 1. The van der Waals surface area contributed by atoms with E-state index in [9.17, 15) is 14.0 Å². The van der Waals surface area contributed by atoms with Gasteiger partial charge in [-0.15, -0.1) is 0 Å². The molecule has 0 saturated heterocycles. The molecule has 0 saturated carbocycles. The first-order valence-electron chi connectivity index (χ1n) is 8.00. The van der Waals surface area contributed by atoms with Gasteiger partial charge in [0.2, 0.25) is 11.8 Å². The number of amides is 2. The van der Waals surface area contributed by atoms with Gasteiger partial charge in [0.05, 0.1) is 5.02 Å². The van der Waals surface area contributed by atoms with E-state index >= 15 is 0 Å². The Labute approximate surface area is 151 Å². The van der Waals surface area contributed by atoms with E-state index in [1.165, 1.54) is 25.1 Å². The highest BCUT2D eigenvalue weighted by Gasteiger charge is 2.12. The van der Waals surface area contributed by atoms with Gasteiger partial charge in [-0.3, -0.25) is 9.59 Å². The zero-order chi connectivity index (χ0) is 18.2. The highest BCUT2D eigenvalue weighted by Crippen LogP contribution is 2.19. The van der Waals surface area contributed by atoms with Crippen molar-refractivity contribution < 1.29 is 14.0 Å². The second-order valence-electron chi connectivity index (χ2n) is 5.67. The third-order valence-corrected chi connectivity index (χ3v) is 4.06. The molecule has 0 heterocycles. The van der Waals surface area contributed by atoms with Crippen molar-refractivity contribution >= 4 is 29.1 Å². The first-order chi connectivity index (χ1) is 12.0. The third-order valence-electron chi connectivity index (χ3n) is 3.77. The molecule has 2 rings (SSSR count). The van der Waals surface area contributed by atoms with Crippen LogP contribution in [0.5, 0.6) is 0 Å². The van der Waals surface area contributed by atoms with Crippen LogP contribution in [0.3, 0.4) is 0 Å². The van der Waals surface area contributed by atoms with Gasteiger partial charge in [-0.1, -0.05) is 41.9 Å². The van der Waals surface area contributed by atoms with E-state index in [1.807, 2.05) is 30.3 Å². The van der Waals surface area contributed by atoms with Gasteiger partial charge in [-0.05, 0) is 30.2 Å². The lowest BCUT2D eigenvalue weighted by atomic mass is 10.1. The Kier molecular flexibility index (Phi) is 6.95. The molecular weight excluding hydrogens is 343 g/mol. The molecule has 2 aromatic rings. The predicted octanol–water partition coefficient (Wildman–Crippen LogP) is 3.90. The number of hydrogen-bond donors (Lipinski definition) is 1. The SMILES string of the molecule is CC(=O)N(CCC(=O)Nc1ccc(F)c(Cl)c1)CCc1ccccc1. The van der Waals surface area contributed by atoms with E-state index < -0.39 is 5.82 Å². The number of rotatable bonds is 7. The number of halogens is 2. The molecule has 0 aromatic heterocycles. The summed E-state index contributed by atoms with van der Waals surface area (Å²) in [5, 5.41) is 2.60. The molecule has 4 nitrogen and oxygen atoms in total. The molecule has 0 bridgehead atoms.